The van der Waals surface area contributed by atoms with Gasteiger partial charge in [0.05, 0.1) is 25.5 Å². The highest BCUT2D eigenvalue weighted by Crippen LogP contribution is 2.21. The van der Waals surface area contributed by atoms with Gasteiger partial charge < -0.3 is 19.8 Å². The predicted octanol–water partition coefficient (Wildman–Crippen LogP) is 1.59. The molecule has 2 aromatic rings. The predicted molar refractivity (Wildman–Crippen MR) is 100 cm³/mol. The van der Waals surface area contributed by atoms with Crippen LogP contribution in [0.3, 0.4) is 0 Å². The van der Waals surface area contributed by atoms with E-state index in [1.165, 1.54) is 11.8 Å². The van der Waals surface area contributed by atoms with Crippen molar-refractivity contribution in [2.75, 3.05) is 39.4 Å². The van der Waals surface area contributed by atoms with Gasteiger partial charge in [0.2, 0.25) is 5.91 Å². The molecule has 27 heavy (non-hydrogen) atoms. The van der Waals surface area contributed by atoms with Crippen molar-refractivity contribution in [3.63, 3.8) is 0 Å². The summed E-state index contributed by atoms with van der Waals surface area (Å²) in [4.78, 5) is 26.3. The van der Waals surface area contributed by atoms with Crippen molar-refractivity contribution in [2.24, 2.45) is 0 Å². The highest BCUT2D eigenvalue weighted by atomic mass is 16.5. The van der Waals surface area contributed by atoms with Crippen LogP contribution in [0.1, 0.15) is 28.6 Å². The van der Waals surface area contributed by atoms with Gasteiger partial charge >= 0.3 is 0 Å². The zero-order valence-corrected chi connectivity index (χ0v) is 15.2. The molecular formula is C20H25N3O4. The summed E-state index contributed by atoms with van der Waals surface area (Å²) in [5.74, 6) is -0.168. The molecule has 2 amide bonds. The molecule has 0 aliphatic carbocycles. The molecule has 1 atom stereocenters. The first-order chi connectivity index (χ1) is 13.2. The van der Waals surface area contributed by atoms with E-state index < -0.39 is 0 Å². The van der Waals surface area contributed by atoms with Crippen molar-refractivity contribution in [3.8, 4) is 0 Å². The number of rotatable bonds is 8. The number of carbonyl (C=O) groups is 2. The van der Waals surface area contributed by atoms with Crippen molar-refractivity contribution >= 4 is 11.8 Å². The standard InChI is InChI=1S/C20H25N3O4/c24-19(8-9-21-20(25)18-7-4-12-27-18)22-15-17(16-5-2-1-3-6-16)23-10-13-26-14-11-23/h1-7,12,17H,8-11,13-15H2,(H,21,25)(H,22,24). The molecule has 0 spiro atoms. The van der Waals surface area contributed by atoms with Gasteiger partial charge in [-0.3, -0.25) is 14.5 Å². The zero-order valence-electron chi connectivity index (χ0n) is 15.2. The molecule has 1 unspecified atom stereocenters. The first-order valence-corrected chi connectivity index (χ1v) is 9.19. The molecule has 1 fully saturated rings. The molecule has 1 aromatic heterocycles. The molecule has 2 heterocycles. The topological polar surface area (TPSA) is 83.8 Å². The van der Waals surface area contributed by atoms with Gasteiger partial charge in [-0.1, -0.05) is 30.3 Å². The van der Waals surface area contributed by atoms with Crippen molar-refractivity contribution in [3.05, 3.63) is 60.1 Å². The molecule has 1 aliphatic heterocycles. The average molecular weight is 371 g/mol. The van der Waals surface area contributed by atoms with Crippen LogP contribution in [-0.4, -0.2) is 56.1 Å². The summed E-state index contributed by atoms with van der Waals surface area (Å²) in [6, 6.07) is 13.5. The molecule has 1 aliphatic rings. The van der Waals surface area contributed by atoms with Crippen LogP contribution < -0.4 is 10.6 Å². The molecule has 0 saturated carbocycles. The second-order valence-corrected chi connectivity index (χ2v) is 6.36. The molecule has 1 saturated heterocycles. The molecule has 1 aromatic carbocycles. The van der Waals surface area contributed by atoms with Gasteiger partial charge in [0.1, 0.15) is 0 Å². The normalized spacial score (nSPS) is 15.9. The summed E-state index contributed by atoms with van der Waals surface area (Å²) in [5.41, 5.74) is 1.17. The third-order valence-corrected chi connectivity index (χ3v) is 4.55. The number of morpholine rings is 1. The van der Waals surface area contributed by atoms with E-state index in [0.29, 0.717) is 19.8 Å². The summed E-state index contributed by atoms with van der Waals surface area (Å²) in [7, 11) is 0. The Hall–Kier alpha value is -2.64. The van der Waals surface area contributed by atoms with Gasteiger partial charge in [-0.25, -0.2) is 0 Å². The minimum atomic E-state index is -0.316. The Morgan fingerprint density at radius 3 is 2.52 bits per heavy atom. The first kappa shape index (κ1) is 19.1. The third-order valence-electron chi connectivity index (χ3n) is 4.55. The molecule has 7 nitrogen and oxygen atoms in total. The largest absolute Gasteiger partial charge is 0.459 e. The number of carbonyl (C=O) groups excluding carboxylic acids is 2. The maximum Gasteiger partial charge on any atom is 0.286 e. The fourth-order valence-electron chi connectivity index (χ4n) is 3.11. The molecule has 0 bridgehead atoms. The van der Waals surface area contributed by atoms with E-state index in [1.54, 1.807) is 12.1 Å². The number of amides is 2. The van der Waals surface area contributed by atoms with Crippen LogP contribution in [-0.2, 0) is 9.53 Å². The molecule has 0 radical (unpaired) electrons. The van der Waals surface area contributed by atoms with Crippen molar-refractivity contribution in [2.45, 2.75) is 12.5 Å². The van der Waals surface area contributed by atoms with E-state index in [1.807, 2.05) is 18.2 Å². The summed E-state index contributed by atoms with van der Waals surface area (Å²) in [5, 5.41) is 5.67. The van der Waals surface area contributed by atoms with Gasteiger partial charge in [-0.15, -0.1) is 0 Å². The Labute approximate surface area is 158 Å². The van der Waals surface area contributed by atoms with Crippen LogP contribution in [0.5, 0.6) is 0 Å². The minimum Gasteiger partial charge on any atom is -0.459 e. The lowest BCUT2D eigenvalue weighted by molar-refractivity contribution is -0.121. The minimum absolute atomic E-state index is 0.0936. The van der Waals surface area contributed by atoms with Crippen LogP contribution in [0.4, 0.5) is 0 Å². The van der Waals surface area contributed by atoms with Crippen LogP contribution in [0.25, 0.3) is 0 Å². The highest BCUT2D eigenvalue weighted by molar-refractivity contribution is 5.91. The Bertz CT molecular complexity index is 712. The fraction of sp³-hybridized carbons (Fsp3) is 0.400. The second kappa shape index (κ2) is 9.89. The van der Waals surface area contributed by atoms with Gasteiger partial charge in [-0.2, -0.15) is 0 Å². The van der Waals surface area contributed by atoms with E-state index in [0.717, 1.165) is 13.1 Å². The quantitative estimate of drug-likeness (QED) is 0.736. The van der Waals surface area contributed by atoms with Crippen molar-refractivity contribution in [1.82, 2.24) is 15.5 Å². The van der Waals surface area contributed by atoms with Crippen molar-refractivity contribution < 1.29 is 18.7 Å². The van der Waals surface area contributed by atoms with E-state index in [2.05, 4.69) is 27.7 Å². The second-order valence-electron chi connectivity index (χ2n) is 6.36. The summed E-state index contributed by atoms with van der Waals surface area (Å²) in [6.45, 7) is 3.88. The van der Waals surface area contributed by atoms with Crippen LogP contribution >= 0.6 is 0 Å². The van der Waals surface area contributed by atoms with Crippen LogP contribution in [0.15, 0.2) is 53.1 Å². The third kappa shape index (κ3) is 5.67. The number of ether oxygens (including phenoxy) is 1. The van der Waals surface area contributed by atoms with E-state index in [9.17, 15) is 9.59 Å². The zero-order chi connectivity index (χ0) is 18.9. The molecule has 7 heteroatoms. The Morgan fingerprint density at radius 2 is 1.81 bits per heavy atom. The highest BCUT2D eigenvalue weighted by Gasteiger charge is 2.23. The number of nitrogens with one attached hydrogen (secondary N) is 2. The Balaban J connectivity index is 1.47. The Kier molecular flexibility index (Phi) is 7.01. The number of benzene rings is 1. The maximum absolute atomic E-state index is 12.2. The van der Waals surface area contributed by atoms with Gasteiger partial charge in [0.15, 0.2) is 5.76 Å². The number of furan rings is 1. The first-order valence-electron chi connectivity index (χ1n) is 9.19. The van der Waals surface area contributed by atoms with E-state index in [-0.39, 0.29) is 36.6 Å². The SMILES string of the molecule is O=C(CCNC(=O)c1ccco1)NCC(c1ccccc1)N1CCOCC1. The lowest BCUT2D eigenvalue weighted by atomic mass is 10.0. The fourth-order valence-corrected chi connectivity index (χ4v) is 3.11. The lowest BCUT2D eigenvalue weighted by Crippen LogP contribution is -2.44. The van der Waals surface area contributed by atoms with Crippen LogP contribution in [0, 0.1) is 0 Å². The maximum atomic E-state index is 12.2. The monoisotopic (exact) mass is 371 g/mol. The molecule has 144 valence electrons. The summed E-state index contributed by atoms with van der Waals surface area (Å²) in [6.07, 6.45) is 1.66. The van der Waals surface area contributed by atoms with Gasteiger partial charge in [0, 0.05) is 32.6 Å². The van der Waals surface area contributed by atoms with Crippen molar-refractivity contribution in [1.29, 1.82) is 0 Å². The van der Waals surface area contributed by atoms with E-state index >= 15 is 0 Å². The number of nitrogens with zero attached hydrogens (tertiary/aromatic N) is 1. The smallest absolute Gasteiger partial charge is 0.286 e. The number of hydrogen-bond donors (Lipinski definition) is 2. The van der Waals surface area contributed by atoms with E-state index in [4.69, 9.17) is 9.15 Å². The summed E-state index contributed by atoms with van der Waals surface area (Å²) < 4.78 is 10.5. The summed E-state index contributed by atoms with van der Waals surface area (Å²) >= 11 is 0. The number of hydrogen-bond acceptors (Lipinski definition) is 5. The molecule has 2 N–H and O–H groups in total. The van der Waals surface area contributed by atoms with Gasteiger partial charge in [-0.05, 0) is 17.7 Å². The molecular weight excluding hydrogens is 346 g/mol. The molecule has 3 rings (SSSR count). The van der Waals surface area contributed by atoms with Crippen LogP contribution in [0.2, 0.25) is 0 Å². The average Bonchev–Trinajstić information content (AvgIpc) is 3.25. The lowest BCUT2D eigenvalue weighted by Gasteiger charge is -2.35. The van der Waals surface area contributed by atoms with Gasteiger partial charge in [0.25, 0.3) is 5.91 Å². The Morgan fingerprint density at radius 1 is 1.04 bits per heavy atom.